The molecule has 14 aromatic rings. The number of anilines is 12. The van der Waals surface area contributed by atoms with Gasteiger partial charge in [-0.25, -0.2) is 43.1 Å². The highest BCUT2D eigenvalue weighted by atomic mass is 32.2. The molecule has 24 rings (SSSR count). The molecule has 0 bridgehead atoms. The van der Waals surface area contributed by atoms with Crippen LogP contribution in [0.1, 0.15) is 123 Å². The average molecular weight is 1900 g/mol. The molecule has 2 saturated carbocycles. The number of fused-ring (bicyclic) bond motifs is 16. The first-order valence-electron chi connectivity index (χ1n) is 47.7. The number of hydrogen-bond acceptors (Lipinski definition) is 24. The van der Waals surface area contributed by atoms with Crippen molar-refractivity contribution in [1.29, 1.82) is 0 Å². The van der Waals surface area contributed by atoms with Crippen LogP contribution in [-0.2, 0) is 55.3 Å². The van der Waals surface area contributed by atoms with Crippen LogP contribution in [0.15, 0.2) is 274 Å². The fourth-order valence-corrected chi connectivity index (χ4v) is 21.3. The van der Waals surface area contributed by atoms with E-state index in [-0.39, 0.29) is 22.5 Å². The SMILES string of the molecule is C=S(C)(=O)c1ccc(Cn2nc3c(c2Nc2ccccc2)CN(C)C2=NC(C)(C)CN23)cc1.CN1Cc2c(nn(Cc3ccc(-c4ccccn4)cc3)c2Nc2ccccc2)N2C1=N[C@@H]1CCC[C@@H]12.CN1Cc2c(nn(Cc3ccc(-n4ccnc4)cc3)c2Nc2ccc(O)cc2)N2C1=N[C@H]1CCCC[C@H]12.Cc1ccc(Cn2nc3c(c2Nc2ccc(F)cc2)C(=S)N(C)C2=NCC(C)(C)CN23)cc1. The van der Waals surface area contributed by atoms with Crippen molar-refractivity contribution in [3.05, 3.63) is 305 Å². The van der Waals surface area contributed by atoms with Crippen molar-refractivity contribution in [2.24, 2.45) is 25.4 Å². The quantitative estimate of drug-likeness (QED) is 0.0372. The van der Waals surface area contributed by atoms with Gasteiger partial charge in [-0.2, -0.15) is 20.4 Å². The summed E-state index contributed by atoms with van der Waals surface area (Å²) in [6.07, 6.45) is 17.4. The molecule has 0 amide bonds. The third kappa shape index (κ3) is 18.5. The van der Waals surface area contributed by atoms with Crippen LogP contribution >= 0.6 is 12.2 Å². The topological polar surface area (TPSA) is 263 Å². The number of nitrogens with zero attached hydrogens (tertiary/aromatic N) is 23. The molecule has 14 heterocycles. The molecule has 1 unspecified atom stereocenters. The number of phenolic OH excluding ortho intramolecular Hbond substituents is 1. The lowest BCUT2D eigenvalue weighted by Gasteiger charge is -2.43. The van der Waals surface area contributed by atoms with E-state index in [1.807, 2.05) is 117 Å². The zero-order valence-corrected chi connectivity index (χ0v) is 81.7. The maximum atomic E-state index is 13.5. The van der Waals surface area contributed by atoms with E-state index in [2.05, 4.69) is 246 Å². The van der Waals surface area contributed by atoms with Crippen LogP contribution in [-0.4, -0.2) is 201 Å². The molecule has 0 spiro atoms. The fourth-order valence-electron chi connectivity index (χ4n) is 20.3. The van der Waals surface area contributed by atoms with Crippen LogP contribution in [0.2, 0.25) is 0 Å². The molecule has 2 fully saturated rings. The Morgan fingerprint density at radius 3 is 1.50 bits per heavy atom. The Hall–Kier alpha value is -14.9. The standard InChI is InChI=1S/C29H29N7.C28H30N8O.C25H27FN6S.C25H30N6OS/c1-34-19-23-27(31-22-8-3-2-4-9-22)35(33-28(23)36-26-12-7-11-25(26)32-29(34)36)18-20-13-15-21(16-14-20)24-10-5-6-17-30-24;1-33-17-23-26(30-20-8-12-22(37)13-9-20)35(16-19-6-10-21(11-7-19)34-15-14-29-18-34)32-27(23)36-25-5-3-2-4-24(25)31-28(33)36;1-16-5-7-17(8-6-16)13-32-21(28-19-11-9-18(26)10-12-19)20-22(29-32)31-15-25(2,3)14-27-24(31)30(4)23(20)33;1-25(2)17-30-23-21(16-29(3)24(30)27-25)22(26-19-9-7-6-8-10-19)31(28-23)15-18-11-13-20(14-12-18)33(4,5)32/h2-6,8-10,13-17,25-26,31H,7,11-12,18-19H2,1H3;6-15,18,24-25,30,37H,2-5,16-17H2,1H3;5-12,28H,13-15H2,1-4H3;6-14,26H,4,15-17H2,1-3,5H3/t25-,26+;24-,25+;;/m10../s1. The van der Waals surface area contributed by atoms with Crippen molar-refractivity contribution in [3.63, 3.8) is 0 Å². The minimum Gasteiger partial charge on any atom is -0.508 e. The lowest BCUT2D eigenvalue weighted by Crippen LogP contribution is -2.55. The van der Waals surface area contributed by atoms with Gasteiger partial charge in [-0.1, -0.05) is 160 Å². The Bertz CT molecular complexity index is 7120. The second-order valence-electron chi connectivity index (χ2n) is 39.3. The Morgan fingerprint density at radius 2 is 0.957 bits per heavy atom. The average Bonchev–Trinajstić information content (AvgIpc) is 1.59. The number of benzene rings is 8. The van der Waals surface area contributed by atoms with Crippen molar-refractivity contribution in [3.8, 4) is 22.7 Å². The van der Waals surface area contributed by atoms with Crippen LogP contribution in [0.25, 0.3) is 16.9 Å². The largest absolute Gasteiger partial charge is 0.508 e. The number of aliphatic imine (C=N–C) groups is 4. The highest BCUT2D eigenvalue weighted by molar-refractivity contribution is 7.99. The van der Waals surface area contributed by atoms with Crippen LogP contribution in [0.3, 0.4) is 0 Å². The molecule has 2 aliphatic carbocycles. The number of phenols is 1. The summed E-state index contributed by atoms with van der Waals surface area (Å²) >= 11 is 5.89. The molecule has 8 aliphatic heterocycles. The van der Waals surface area contributed by atoms with Gasteiger partial charge in [0.1, 0.15) is 39.8 Å². The number of rotatable bonds is 19. The van der Waals surface area contributed by atoms with E-state index < -0.39 is 9.52 Å². The minimum absolute atomic E-state index is 0.0197. The first-order valence-corrected chi connectivity index (χ1v) is 50.3. The Labute approximate surface area is 815 Å². The van der Waals surface area contributed by atoms with Gasteiger partial charge in [-0.15, -0.1) is 0 Å². The van der Waals surface area contributed by atoms with Gasteiger partial charge in [-0.05, 0) is 200 Å². The summed E-state index contributed by atoms with van der Waals surface area (Å²) in [6, 6.07) is 75.0. The van der Waals surface area contributed by atoms with Crippen LogP contribution in [0.5, 0.6) is 5.75 Å². The Morgan fingerprint density at radius 1 is 0.496 bits per heavy atom. The number of imidazole rings is 1. The van der Waals surface area contributed by atoms with Gasteiger partial charge in [0.2, 0.25) is 23.8 Å². The number of hydrogen-bond donors (Lipinski definition) is 5. The number of guanidine groups is 4. The third-order valence-corrected chi connectivity index (χ3v) is 29.1. The molecular formula is C107H116FN27O2S2. The van der Waals surface area contributed by atoms with Gasteiger partial charge in [0, 0.05) is 110 Å². The number of para-hydroxylation sites is 2. The number of aromatic hydroxyl groups is 1. The van der Waals surface area contributed by atoms with E-state index in [9.17, 15) is 13.7 Å². The molecule has 139 heavy (non-hydrogen) atoms. The van der Waals surface area contributed by atoms with Gasteiger partial charge < -0.3 is 50.5 Å². The van der Waals surface area contributed by atoms with Gasteiger partial charge in [0.05, 0.1) is 116 Å². The maximum Gasteiger partial charge on any atom is 0.207 e. The summed E-state index contributed by atoms with van der Waals surface area (Å²) in [7, 11) is 6.08. The zero-order valence-electron chi connectivity index (χ0n) is 80.0. The van der Waals surface area contributed by atoms with E-state index in [1.165, 1.54) is 66.5 Å². The third-order valence-electron chi connectivity index (χ3n) is 27.3. The summed E-state index contributed by atoms with van der Waals surface area (Å²) in [6.45, 7) is 17.9. The molecule has 0 radical (unpaired) electrons. The summed E-state index contributed by atoms with van der Waals surface area (Å²) in [5.41, 5.74) is 17.0. The number of thiocarbonyl (C=S) groups is 1. The first-order chi connectivity index (χ1) is 67.2. The number of halogens is 1. The first kappa shape index (κ1) is 90.5. The predicted octanol–water partition coefficient (Wildman–Crippen LogP) is 18.5. The fraction of sp³-hybridized carbons (Fsp3) is 0.308. The highest BCUT2D eigenvalue weighted by Gasteiger charge is 2.50. The van der Waals surface area contributed by atoms with E-state index in [1.54, 1.807) is 43.0 Å². The van der Waals surface area contributed by atoms with Crippen LogP contribution < -0.4 is 40.9 Å². The summed E-state index contributed by atoms with van der Waals surface area (Å²) < 4.78 is 36.0. The smallest absolute Gasteiger partial charge is 0.207 e. The molecule has 0 saturated heterocycles. The minimum atomic E-state index is -2.23. The maximum absolute atomic E-state index is 13.5. The van der Waals surface area contributed by atoms with Crippen LogP contribution in [0.4, 0.5) is 73.7 Å². The Kier molecular flexibility index (Phi) is 24.2. The van der Waals surface area contributed by atoms with E-state index in [4.69, 9.17) is 52.6 Å². The van der Waals surface area contributed by atoms with Crippen molar-refractivity contribution < 1.29 is 13.7 Å². The van der Waals surface area contributed by atoms with Crippen LogP contribution in [0, 0.1) is 18.2 Å². The highest BCUT2D eigenvalue weighted by Crippen LogP contribution is 2.48. The zero-order chi connectivity index (χ0) is 95.7. The molecule has 10 aliphatic rings. The van der Waals surface area contributed by atoms with Gasteiger partial charge in [0.15, 0.2) is 23.3 Å². The number of aromatic nitrogens is 11. The Balaban J connectivity index is 0.000000110. The lowest BCUT2D eigenvalue weighted by molar-refractivity contribution is 0.370. The van der Waals surface area contributed by atoms with Crippen molar-refractivity contribution in [2.75, 3.05) is 94.9 Å². The number of nitrogens with one attached hydrogen (secondary N) is 4. The molecule has 5 atom stereocenters. The van der Waals surface area contributed by atoms with E-state index in [0.717, 1.165) is 195 Å². The van der Waals surface area contributed by atoms with E-state index >= 15 is 0 Å². The summed E-state index contributed by atoms with van der Waals surface area (Å²) in [4.78, 5) is 47.9. The summed E-state index contributed by atoms with van der Waals surface area (Å²) in [5.74, 6) is 15.3. The molecule has 710 valence electrons. The molecule has 8 aromatic carbocycles. The van der Waals surface area contributed by atoms with Crippen molar-refractivity contribution in [2.45, 2.75) is 160 Å². The van der Waals surface area contributed by atoms with E-state index in [0.29, 0.717) is 55.3 Å². The molecular weight excluding hydrogens is 1780 g/mol. The summed E-state index contributed by atoms with van der Waals surface area (Å²) in [5, 5.41) is 44.7. The lowest BCUT2D eigenvalue weighted by atomic mass is 9.90. The number of aryl methyl sites for hydroxylation is 1. The van der Waals surface area contributed by atoms with Gasteiger partial charge in [0.25, 0.3) is 0 Å². The van der Waals surface area contributed by atoms with Gasteiger partial charge in [-0.3, -0.25) is 33.8 Å². The second-order valence-corrected chi connectivity index (χ2v) is 42.2. The molecule has 32 heteroatoms. The van der Waals surface area contributed by atoms with Gasteiger partial charge >= 0.3 is 0 Å². The second kappa shape index (κ2) is 37.2. The molecule has 5 N–H and O–H groups in total. The molecule has 29 nitrogen and oxygen atoms in total. The normalized spacial score (nSPS) is 19.0. The monoisotopic (exact) mass is 1890 g/mol. The molecule has 6 aromatic heterocycles. The van der Waals surface area contributed by atoms with Crippen molar-refractivity contribution in [1.82, 2.24) is 73.3 Å². The predicted molar refractivity (Wildman–Crippen MR) is 560 cm³/mol. The van der Waals surface area contributed by atoms with Crippen molar-refractivity contribution >= 4 is 126 Å². The number of pyridine rings is 1.